The van der Waals surface area contributed by atoms with Crippen LogP contribution >= 0.6 is 11.9 Å². The molecule has 0 bridgehead atoms. The number of ether oxygens (including phenoxy) is 1. The lowest BCUT2D eigenvalue weighted by Crippen LogP contribution is -2.37. The average Bonchev–Trinajstić information content (AvgIpc) is 2.69. The first-order chi connectivity index (χ1) is 10.4. The third-order valence-corrected chi connectivity index (χ3v) is 5.81. The van der Waals surface area contributed by atoms with Crippen LogP contribution in [0.1, 0.15) is 0 Å². The molecule has 2 rings (SSSR count). The SMILES string of the molecule is COc1ccc(S(=O)(=O)C2=CC=CSN(C)C2C(=O)O)cc1. The van der Waals surface area contributed by atoms with E-state index in [4.69, 9.17) is 4.74 Å². The number of likely N-dealkylation sites (N-methyl/N-ethyl adjacent to an activating group) is 1. The van der Waals surface area contributed by atoms with Crippen LogP contribution in [0.4, 0.5) is 0 Å². The van der Waals surface area contributed by atoms with Crippen LogP contribution in [0.2, 0.25) is 0 Å². The van der Waals surface area contributed by atoms with E-state index in [1.54, 1.807) is 5.41 Å². The first-order valence-corrected chi connectivity index (χ1v) is 8.58. The van der Waals surface area contributed by atoms with Gasteiger partial charge in [0.05, 0.1) is 16.9 Å². The third-order valence-electron chi connectivity index (χ3n) is 3.11. The van der Waals surface area contributed by atoms with E-state index in [1.165, 1.54) is 54.9 Å². The maximum absolute atomic E-state index is 12.8. The van der Waals surface area contributed by atoms with Gasteiger partial charge in [-0.05, 0) is 54.7 Å². The number of carbonyl (C=O) groups is 1. The predicted molar refractivity (Wildman–Crippen MR) is 84.2 cm³/mol. The van der Waals surface area contributed by atoms with Gasteiger partial charge in [-0.1, -0.05) is 6.08 Å². The molecule has 1 aliphatic heterocycles. The van der Waals surface area contributed by atoms with E-state index < -0.39 is 21.8 Å². The van der Waals surface area contributed by atoms with Gasteiger partial charge in [-0.25, -0.2) is 12.7 Å². The molecule has 0 saturated carbocycles. The van der Waals surface area contributed by atoms with Crippen molar-refractivity contribution in [2.75, 3.05) is 14.2 Å². The smallest absolute Gasteiger partial charge is 0.327 e. The largest absolute Gasteiger partial charge is 0.497 e. The van der Waals surface area contributed by atoms with E-state index in [0.717, 1.165) is 11.9 Å². The number of aliphatic carboxylic acids is 1. The van der Waals surface area contributed by atoms with Gasteiger partial charge >= 0.3 is 5.97 Å². The van der Waals surface area contributed by atoms with Crippen molar-refractivity contribution >= 4 is 27.8 Å². The molecule has 0 saturated heterocycles. The number of carboxylic acid groups (broad SMARTS) is 1. The Bertz CT molecular complexity index is 722. The highest BCUT2D eigenvalue weighted by atomic mass is 32.2. The Morgan fingerprint density at radius 3 is 2.50 bits per heavy atom. The number of hydrogen-bond donors (Lipinski definition) is 1. The number of methoxy groups -OCH3 is 1. The van der Waals surface area contributed by atoms with Crippen LogP contribution in [0.5, 0.6) is 5.75 Å². The maximum Gasteiger partial charge on any atom is 0.327 e. The Hall–Kier alpha value is -1.77. The van der Waals surface area contributed by atoms with Gasteiger partial charge in [-0.15, -0.1) is 0 Å². The summed E-state index contributed by atoms with van der Waals surface area (Å²) in [5, 5.41) is 11.0. The van der Waals surface area contributed by atoms with Crippen molar-refractivity contribution in [2.24, 2.45) is 0 Å². The minimum absolute atomic E-state index is 0.0273. The second-order valence-electron chi connectivity index (χ2n) is 4.47. The van der Waals surface area contributed by atoms with E-state index >= 15 is 0 Å². The highest BCUT2D eigenvalue weighted by Gasteiger charge is 2.36. The predicted octanol–water partition coefficient (Wildman–Crippen LogP) is 1.91. The molecule has 1 heterocycles. The van der Waals surface area contributed by atoms with Crippen molar-refractivity contribution < 1.29 is 23.1 Å². The number of nitrogens with zero attached hydrogens (tertiary/aromatic N) is 1. The number of hydrogen-bond acceptors (Lipinski definition) is 6. The van der Waals surface area contributed by atoms with E-state index in [2.05, 4.69) is 0 Å². The fourth-order valence-corrected chi connectivity index (χ4v) is 4.31. The molecule has 0 amide bonds. The van der Waals surface area contributed by atoms with Crippen molar-refractivity contribution in [3.63, 3.8) is 0 Å². The summed E-state index contributed by atoms with van der Waals surface area (Å²) in [5.74, 6) is -0.696. The Morgan fingerprint density at radius 1 is 1.32 bits per heavy atom. The summed E-state index contributed by atoms with van der Waals surface area (Å²) in [6, 6.07) is 4.58. The number of allylic oxidation sites excluding steroid dienone is 2. The Kier molecular flexibility index (Phi) is 4.94. The second kappa shape index (κ2) is 6.55. The van der Waals surface area contributed by atoms with Crippen LogP contribution < -0.4 is 4.74 Å². The van der Waals surface area contributed by atoms with E-state index in [-0.39, 0.29) is 9.80 Å². The van der Waals surface area contributed by atoms with Crippen molar-refractivity contribution in [3.05, 3.63) is 46.7 Å². The highest BCUT2D eigenvalue weighted by Crippen LogP contribution is 2.30. The molecular weight excluding hydrogens is 326 g/mol. The number of sulfone groups is 1. The molecular formula is C14H15NO5S2. The van der Waals surface area contributed by atoms with Gasteiger partial charge in [0, 0.05) is 0 Å². The molecule has 0 aliphatic carbocycles. The van der Waals surface area contributed by atoms with Gasteiger partial charge in [0.1, 0.15) is 5.75 Å². The second-order valence-corrected chi connectivity index (χ2v) is 7.48. The van der Waals surface area contributed by atoms with E-state index in [0.29, 0.717) is 5.75 Å². The van der Waals surface area contributed by atoms with Crippen LogP contribution in [0.15, 0.2) is 51.6 Å². The van der Waals surface area contributed by atoms with Crippen LogP contribution in [0, 0.1) is 0 Å². The summed E-state index contributed by atoms with van der Waals surface area (Å²) >= 11 is 1.13. The Labute approximate surface area is 133 Å². The lowest BCUT2D eigenvalue weighted by molar-refractivity contribution is -0.139. The topological polar surface area (TPSA) is 83.9 Å². The van der Waals surface area contributed by atoms with Crippen LogP contribution in [0.25, 0.3) is 0 Å². The van der Waals surface area contributed by atoms with E-state index in [9.17, 15) is 18.3 Å². The molecule has 8 heteroatoms. The minimum Gasteiger partial charge on any atom is -0.497 e. The summed E-state index contributed by atoms with van der Waals surface area (Å²) in [6.45, 7) is 0. The fraction of sp³-hybridized carbons (Fsp3) is 0.214. The first-order valence-electron chi connectivity index (χ1n) is 6.26. The fourth-order valence-electron chi connectivity index (χ4n) is 2.00. The molecule has 1 unspecified atom stereocenters. The molecule has 6 nitrogen and oxygen atoms in total. The molecule has 1 N–H and O–H groups in total. The molecule has 118 valence electrons. The molecule has 0 aromatic heterocycles. The number of rotatable bonds is 4. The van der Waals surface area contributed by atoms with Gasteiger partial charge in [0.2, 0.25) is 9.84 Å². The van der Waals surface area contributed by atoms with Gasteiger partial charge in [-0.2, -0.15) is 0 Å². The monoisotopic (exact) mass is 341 g/mol. The van der Waals surface area contributed by atoms with Gasteiger partial charge in [0.25, 0.3) is 0 Å². The van der Waals surface area contributed by atoms with Crippen LogP contribution in [0.3, 0.4) is 0 Å². The van der Waals surface area contributed by atoms with Crippen molar-refractivity contribution in [1.82, 2.24) is 4.31 Å². The summed E-state index contributed by atoms with van der Waals surface area (Å²) in [5.41, 5.74) is 0. The summed E-state index contributed by atoms with van der Waals surface area (Å²) < 4.78 is 31.9. The summed E-state index contributed by atoms with van der Waals surface area (Å²) in [7, 11) is -0.900. The maximum atomic E-state index is 12.8. The Morgan fingerprint density at radius 2 is 1.95 bits per heavy atom. The molecule has 1 aliphatic rings. The lowest BCUT2D eigenvalue weighted by atomic mass is 10.2. The zero-order chi connectivity index (χ0) is 16.3. The summed E-state index contributed by atoms with van der Waals surface area (Å²) in [6.07, 6.45) is 2.86. The van der Waals surface area contributed by atoms with Gasteiger partial charge in [0.15, 0.2) is 6.04 Å². The standard InChI is InChI=1S/C14H15NO5S2/c1-15-13(14(16)17)12(4-3-9-21-15)22(18,19)11-7-5-10(20-2)6-8-11/h3-9,13H,1-2H3,(H,16,17). The zero-order valence-electron chi connectivity index (χ0n) is 12.0. The quantitative estimate of drug-likeness (QED) is 0.838. The molecule has 0 spiro atoms. The average molecular weight is 341 g/mol. The van der Waals surface area contributed by atoms with E-state index in [1.807, 2.05) is 0 Å². The number of carboxylic acids is 1. The van der Waals surface area contributed by atoms with Crippen LogP contribution in [-0.4, -0.2) is 44.0 Å². The normalized spacial score (nSPS) is 19.4. The molecule has 1 aromatic rings. The number of benzene rings is 1. The molecule has 22 heavy (non-hydrogen) atoms. The first kappa shape index (κ1) is 16.6. The molecule has 1 atom stereocenters. The van der Waals surface area contributed by atoms with Gasteiger partial charge < -0.3 is 9.84 Å². The lowest BCUT2D eigenvalue weighted by Gasteiger charge is -2.23. The Balaban J connectivity index is 2.51. The van der Waals surface area contributed by atoms with Crippen molar-refractivity contribution in [2.45, 2.75) is 10.9 Å². The molecule has 1 aromatic carbocycles. The zero-order valence-corrected chi connectivity index (χ0v) is 13.6. The van der Waals surface area contributed by atoms with Crippen molar-refractivity contribution in [3.8, 4) is 5.75 Å². The molecule has 0 fully saturated rings. The van der Waals surface area contributed by atoms with Crippen molar-refractivity contribution in [1.29, 1.82) is 0 Å². The van der Waals surface area contributed by atoms with Gasteiger partial charge in [-0.3, -0.25) is 4.79 Å². The highest BCUT2D eigenvalue weighted by molar-refractivity contribution is 8.00. The molecule has 0 radical (unpaired) electrons. The third kappa shape index (κ3) is 3.18. The van der Waals surface area contributed by atoms with Crippen LogP contribution in [-0.2, 0) is 14.6 Å². The minimum atomic E-state index is -3.92. The summed E-state index contributed by atoms with van der Waals surface area (Å²) in [4.78, 5) is 11.4.